The van der Waals surface area contributed by atoms with Crippen LogP contribution in [0.2, 0.25) is 0 Å². The maximum absolute atomic E-state index is 4.91. The molecule has 0 amide bonds. The monoisotopic (exact) mass is 152 g/mol. The van der Waals surface area contributed by atoms with Crippen molar-refractivity contribution in [3.8, 4) is 0 Å². The van der Waals surface area contributed by atoms with Crippen LogP contribution < -0.4 is 0 Å². The highest BCUT2D eigenvalue weighted by Crippen LogP contribution is 2.22. The molecule has 4 nitrogen and oxygen atoms in total. The van der Waals surface area contributed by atoms with Crippen LogP contribution in [0, 0.1) is 0 Å². The molecule has 1 aliphatic heterocycles. The molecule has 1 aromatic rings. The number of nitrogens with zero attached hydrogens (tertiary/aromatic N) is 2. The Morgan fingerprint density at radius 1 is 1.36 bits per heavy atom. The molecule has 1 saturated heterocycles. The van der Waals surface area contributed by atoms with Crippen LogP contribution in [0.15, 0.2) is 18.5 Å². The zero-order chi connectivity index (χ0) is 7.52. The average molecular weight is 152 g/mol. The zero-order valence-electron chi connectivity index (χ0n) is 5.93. The fourth-order valence-corrected chi connectivity index (χ4v) is 0.983. The smallest absolute Gasteiger partial charge is 0.160 e. The van der Waals surface area contributed by atoms with Crippen LogP contribution in [-0.2, 0) is 9.78 Å². The summed E-state index contributed by atoms with van der Waals surface area (Å²) in [7, 11) is 0. The zero-order valence-corrected chi connectivity index (χ0v) is 5.93. The normalized spacial score (nSPS) is 23.8. The van der Waals surface area contributed by atoms with E-state index in [1.165, 1.54) is 0 Å². The molecule has 4 heteroatoms. The molecule has 0 saturated carbocycles. The van der Waals surface area contributed by atoms with Gasteiger partial charge in [-0.15, -0.1) is 0 Å². The van der Waals surface area contributed by atoms with Gasteiger partial charge in [-0.05, 0) is 6.07 Å². The van der Waals surface area contributed by atoms with Crippen molar-refractivity contribution in [3.63, 3.8) is 0 Å². The van der Waals surface area contributed by atoms with Crippen LogP contribution in [0.1, 0.15) is 18.3 Å². The molecule has 1 atom stereocenters. The first kappa shape index (κ1) is 6.69. The fraction of sp³-hybridized carbons (Fsp3) is 0.429. The van der Waals surface area contributed by atoms with E-state index in [0.29, 0.717) is 12.4 Å². The van der Waals surface area contributed by atoms with Gasteiger partial charge >= 0.3 is 0 Å². The van der Waals surface area contributed by atoms with Gasteiger partial charge in [0.25, 0.3) is 0 Å². The third-order valence-electron chi connectivity index (χ3n) is 1.52. The minimum atomic E-state index is -0.0730. The lowest BCUT2D eigenvalue weighted by atomic mass is 10.2. The van der Waals surface area contributed by atoms with Crippen LogP contribution in [0.25, 0.3) is 0 Å². The number of hydrogen-bond acceptors (Lipinski definition) is 4. The van der Waals surface area contributed by atoms with E-state index in [1.54, 1.807) is 18.5 Å². The molecule has 0 aromatic carbocycles. The molecule has 58 valence electrons. The number of rotatable bonds is 1. The van der Waals surface area contributed by atoms with E-state index >= 15 is 0 Å². The van der Waals surface area contributed by atoms with Crippen molar-refractivity contribution in [2.24, 2.45) is 0 Å². The highest BCUT2D eigenvalue weighted by Gasteiger charge is 2.21. The molecule has 0 radical (unpaired) electrons. The Balaban J connectivity index is 2.16. The van der Waals surface area contributed by atoms with Gasteiger partial charge in [0.1, 0.15) is 0 Å². The van der Waals surface area contributed by atoms with Crippen LogP contribution in [0.5, 0.6) is 0 Å². The Labute approximate surface area is 64.1 Å². The van der Waals surface area contributed by atoms with Crippen molar-refractivity contribution in [3.05, 3.63) is 24.3 Å². The van der Waals surface area contributed by atoms with Gasteiger partial charge in [0, 0.05) is 18.8 Å². The van der Waals surface area contributed by atoms with Crippen LogP contribution in [0.4, 0.5) is 0 Å². The Bertz CT molecular complexity index is 221. The molecule has 0 aliphatic carbocycles. The lowest BCUT2D eigenvalue weighted by Crippen LogP contribution is -2.00. The summed E-state index contributed by atoms with van der Waals surface area (Å²) in [5, 5.41) is 0. The molecule has 1 aliphatic rings. The number of aromatic nitrogens is 2. The molecule has 2 rings (SSSR count). The van der Waals surface area contributed by atoms with E-state index in [2.05, 4.69) is 9.97 Å². The summed E-state index contributed by atoms with van der Waals surface area (Å²) in [4.78, 5) is 17.7. The van der Waals surface area contributed by atoms with Crippen molar-refractivity contribution >= 4 is 0 Å². The highest BCUT2D eigenvalue weighted by molar-refractivity contribution is 4.93. The first-order chi connectivity index (χ1) is 5.47. The minimum Gasteiger partial charge on any atom is -0.238 e. The second-order valence-electron chi connectivity index (χ2n) is 2.30. The summed E-state index contributed by atoms with van der Waals surface area (Å²) in [6.45, 7) is 0.628. The van der Waals surface area contributed by atoms with Crippen LogP contribution >= 0.6 is 0 Å². The van der Waals surface area contributed by atoms with E-state index < -0.39 is 0 Å². The third-order valence-corrected chi connectivity index (χ3v) is 1.52. The second-order valence-corrected chi connectivity index (χ2v) is 2.30. The fourth-order valence-electron chi connectivity index (χ4n) is 0.983. The third kappa shape index (κ3) is 1.36. The van der Waals surface area contributed by atoms with E-state index in [1.807, 2.05) is 0 Å². The van der Waals surface area contributed by atoms with Crippen molar-refractivity contribution in [1.82, 2.24) is 9.97 Å². The molecule has 1 aromatic heterocycles. The topological polar surface area (TPSA) is 44.2 Å². The summed E-state index contributed by atoms with van der Waals surface area (Å²) in [5.74, 6) is 0.699. The molecule has 2 heterocycles. The van der Waals surface area contributed by atoms with Gasteiger partial charge in [0.2, 0.25) is 0 Å². The first-order valence-corrected chi connectivity index (χ1v) is 3.52. The maximum Gasteiger partial charge on any atom is 0.160 e. The average Bonchev–Trinajstić information content (AvgIpc) is 2.58. The van der Waals surface area contributed by atoms with Crippen molar-refractivity contribution in [1.29, 1.82) is 0 Å². The Morgan fingerprint density at radius 3 is 2.82 bits per heavy atom. The summed E-state index contributed by atoms with van der Waals surface area (Å²) < 4.78 is 0. The van der Waals surface area contributed by atoms with Gasteiger partial charge in [-0.25, -0.2) is 19.7 Å². The summed E-state index contributed by atoms with van der Waals surface area (Å²) in [6.07, 6.45) is 4.16. The van der Waals surface area contributed by atoms with Gasteiger partial charge in [0.05, 0.1) is 6.61 Å². The Morgan fingerprint density at radius 2 is 2.18 bits per heavy atom. The highest BCUT2D eigenvalue weighted by atomic mass is 17.2. The SMILES string of the molecule is c1cnc(C2CCOO2)nc1. The van der Waals surface area contributed by atoms with Gasteiger partial charge in [-0.3, -0.25) is 0 Å². The standard InChI is InChI=1S/C7H8N2O2/c1-3-8-7(9-4-1)6-2-5-10-11-6/h1,3-4,6H,2,5H2. The van der Waals surface area contributed by atoms with E-state index in [-0.39, 0.29) is 6.10 Å². The van der Waals surface area contributed by atoms with Gasteiger partial charge in [-0.2, -0.15) is 0 Å². The summed E-state index contributed by atoms with van der Waals surface area (Å²) in [6, 6.07) is 1.78. The largest absolute Gasteiger partial charge is 0.238 e. The summed E-state index contributed by atoms with van der Waals surface area (Å²) in [5.41, 5.74) is 0. The predicted octanol–water partition coefficient (Wildman–Crippen LogP) is 0.870. The summed E-state index contributed by atoms with van der Waals surface area (Å²) >= 11 is 0. The van der Waals surface area contributed by atoms with Crippen LogP contribution in [0.3, 0.4) is 0 Å². The van der Waals surface area contributed by atoms with Gasteiger partial charge in [-0.1, -0.05) is 0 Å². The van der Waals surface area contributed by atoms with Crippen molar-refractivity contribution in [2.45, 2.75) is 12.5 Å². The predicted molar refractivity (Wildman–Crippen MR) is 36.4 cm³/mol. The number of hydrogen-bond donors (Lipinski definition) is 0. The Hall–Kier alpha value is -1.00. The minimum absolute atomic E-state index is 0.0730. The lowest BCUT2D eigenvalue weighted by molar-refractivity contribution is -0.278. The molecular weight excluding hydrogens is 144 g/mol. The molecule has 1 unspecified atom stereocenters. The quantitative estimate of drug-likeness (QED) is 0.560. The lowest BCUT2D eigenvalue weighted by Gasteiger charge is -2.02. The van der Waals surface area contributed by atoms with Gasteiger partial charge in [0.15, 0.2) is 11.9 Å². The van der Waals surface area contributed by atoms with E-state index in [9.17, 15) is 0 Å². The van der Waals surface area contributed by atoms with Crippen molar-refractivity contribution in [2.75, 3.05) is 6.61 Å². The van der Waals surface area contributed by atoms with Crippen LogP contribution in [-0.4, -0.2) is 16.6 Å². The molecule has 0 spiro atoms. The second kappa shape index (κ2) is 2.94. The molecule has 11 heavy (non-hydrogen) atoms. The van der Waals surface area contributed by atoms with Gasteiger partial charge < -0.3 is 0 Å². The van der Waals surface area contributed by atoms with E-state index in [4.69, 9.17) is 9.78 Å². The maximum atomic E-state index is 4.91. The molecule has 0 N–H and O–H groups in total. The molecule has 0 bridgehead atoms. The molecule has 1 fully saturated rings. The Kier molecular flexibility index (Phi) is 1.79. The van der Waals surface area contributed by atoms with Crippen molar-refractivity contribution < 1.29 is 9.78 Å². The first-order valence-electron chi connectivity index (χ1n) is 3.52. The molecular formula is C7H8N2O2. The van der Waals surface area contributed by atoms with E-state index in [0.717, 1.165) is 6.42 Å².